The van der Waals surface area contributed by atoms with E-state index >= 15 is 0 Å². The van der Waals surface area contributed by atoms with Crippen molar-refractivity contribution in [3.63, 3.8) is 0 Å². The van der Waals surface area contributed by atoms with E-state index < -0.39 is 22.8 Å². The highest BCUT2D eigenvalue weighted by atomic mass is 32.1. The molecule has 0 bridgehead atoms. The van der Waals surface area contributed by atoms with Gasteiger partial charge < -0.3 is 10.4 Å². The first kappa shape index (κ1) is 17.5. The summed E-state index contributed by atoms with van der Waals surface area (Å²) in [6.45, 7) is 4.63. The molecule has 1 amide bonds. The Kier molecular flexibility index (Phi) is 4.64. The maximum Gasteiger partial charge on any atom is 0.347 e. The van der Waals surface area contributed by atoms with Crippen LogP contribution in [0.15, 0.2) is 0 Å². The summed E-state index contributed by atoms with van der Waals surface area (Å²) in [5.41, 5.74) is -0.0376. The smallest absolute Gasteiger partial charge is 0.347 e. The Morgan fingerprint density at radius 2 is 2.00 bits per heavy atom. The van der Waals surface area contributed by atoms with Crippen molar-refractivity contribution in [2.45, 2.75) is 26.8 Å². The van der Waals surface area contributed by atoms with Gasteiger partial charge in [-0.3, -0.25) is 19.6 Å². The molecule has 0 spiro atoms. The van der Waals surface area contributed by atoms with Gasteiger partial charge in [-0.25, -0.2) is 9.78 Å². The molecule has 0 aromatic carbocycles. The topological polar surface area (TPSA) is 140 Å². The van der Waals surface area contributed by atoms with E-state index in [1.165, 1.54) is 14.0 Å². The van der Waals surface area contributed by atoms with Crippen LogP contribution >= 0.6 is 11.3 Å². The van der Waals surface area contributed by atoms with E-state index in [4.69, 9.17) is 5.11 Å². The van der Waals surface area contributed by atoms with Crippen molar-refractivity contribution in [2.24, 2.45) is 7.05 Å². The minimum absolute atomic E-state index is 0.0912. The van der Waals surface area contributed by atoms with Gasteiger partial charge in [-0.15, -0.1) is 11.3 Å². The molecule has 2 aromatic heterocycles. The molecule has 0 aliphatic carbocycles. The minimum atomic E-state index is -1.09. The van der Waals surface area contributed by atoms with Crippen LogP contribution in [-0.4, -0.2) is 36.7 Å². The average Bonchev–Trinajstić information content (AvgIpc) is 2.98. The fourth-order valence-corrected chi connectivity index (χ4v) is 3.16. The zero-order valence-corrected chi connectivity index (χ0v) is 14.2. The van der Waals surface area contributed by atoms with Crippen molar-refractivity contribution in [3.8, 4) is 0 Å². The van der Waals surface area contributed by atoms with Gasteiger partial charge in [-0.05, 0) is 20.8 Å². The van der Waals surface area contributed by atoms with Gasteiger partial charge in [0, 0.05) is 7.05 Å². The molecule has 1 atom stereocenters. The van der Waals surface area contributed by atoms with Crippen LogP contribution in [0.1, 0.15) is 49.5 Å². The zero-order chi connectivity index (χ0) is 18.2. The molecule has 128 valence electrons. The van der Waals surface area contributed by atoms with Crippen LogP contribution in [0.2, 0.25) is 0 Å². The predicted molar refractivity (Wildman–Crippen MR) is 84.3 cm³/mol. The van der Waals surface area contributed by atoms with Gasteiger partial charge in [0.1, 0.15) is 15.6 Å². The second-order valence-corrected chi connectivity index (χ2v) is 6.16. The first-order valence-electron chi connectivity index (χ1n) is 6.83. The lowest BCUT2D eigenvalue weighted by molar-refractivity contribution is -0.385. The lowest BCUT2D eigenvalue weighted by Crippen LogP contribution is -2.29. The third kappa shape index (κ3) is 3.11. The Bertz CT molecular complexity index is 840. The van der Waals surface area contributed by atoms with E-state index in [1.807, 2.05) is 0 Å². The highest BCUT2D eigenvalue weighted by molar-refractivity contribution is 7.13. The van der Waals surface area contributed by atoms with Crippen LogP contribution in [0.25, 0.3) is 0 Å². The summed E-state index contributed by atoms with van der Waals surface area (Å²) in [6, 6.07) is -0.607. The number of carbonyl (C=O) groups excluding carboxylic acids is 1. The maximum atomic E-state index is 12.4. The van der Waals surface area contributed by atoms with Crippen molar-refractivity contribution < 1.29 is 19.6 Å². The van der Waals surface area contributed by atoms with Crippen molar-refractivity contribution in [2.75, 3.05) is 0 Å². The molecular weight excluding hydrogens is 338 g/mol. The molecule has 1 unspecified atom stereocenters. The number of aromatic carboxylic acids is 1. The molecule has 2 aromatic rings. The van der Waals surface area contributed by atoms with Gasteiger partial charge >= 0.3 is 11.7 Å². The summed E-state index contributed by atoms with van der Waals surface area (Å²) in [4.78, 5) is 38.2. The third-order valence-electron chi connectivity index (χ3n) is 3.31. The Labute approximate surface area is 140 Å². The van der Waals surface area contributed by atoms with E-state index in [0.29, 0.717) is 10.7 Å². The molecule has 10 nitrogen and oxygen atoms in total. The number of amides is 1. The lowest BCUT2D eigenvalue weighted by atomic mass is 10.2. The van der Waals surface area contributed by atoms with Crippen molar-refractivity contribution >= 4 is 28.9 Å². The van der Waals surface area contributed by atoms with Gasteiger partial charge in [0.25, 0.3) is 5.91 Å². The number of aromatic nitrogens is 3. The average molecular weight is 353 g/mol. The Morgan fingerprint density at radius 1 is 1.38 bits per heavy atom. The standard InChI is InChI=1S/C13H15N5O5S/c1-5-8(18(22)23)9(17(4)16-5)11(19)14-7(3)12-15-6(2)10(24-12)13(20)21/h7H,1-4H3,(H,14,19)(H,20,21). The first-order chi connectivity index (χ1) is 11.1. The van der Waals surface area contributed by atoms with Crippen LogP contribution in [0.3, 0.4) is 0 Å². The molecule has 24 heavy (non-hydrogen) atoms. The van der Waals surface area contributed by atoms with Gasteiger partial charge in [0.2, 0.25) is 5.69 Å². The number of carboxylic acid groups (broad SMARTS) is 1. The summed E-state index contributed by atoms with van der Waals surface area (Å²) >= 11 is 0.951. The van der Waals surface area contributed by atoms with E-state index in [0.717, 1.165) is 16.0 Å². The van der Waals surface area contributed by atoms with E-state index in [-0.39, 0.29) is 22.0 Å². The highest BCUT2D eigenvalue weighted by Gasteiger charge is 2.30. The lowest BCUT2D eigenvalue weighted by Gasteiger charge is -2.10. The Balaban J connectivity index is 2.29. The van der Waals surface area contributed by atoms with Gasteiger partial charge in [0.15, 0.2) is 0 Å². The number of rotatable bonds is 5. The molecule has 2 N–H and O–H groups in total. The molecular formula is C13H15N5O5S. The second kappa shape index (κ2) is 6.35. The molecule has 0 saturated heterocycles. The van der Waals surface area contributed by atoms with E-state index in [2.05, 4.69) is 15.4 Å². The number of nitrogens with zero attached hydrogens (tertiary/aromatic N) is 4. The number of nitrogens with one attached hydrogen (secondary N) is 1. The Hall–Kier alpha value is -2.82. The minimum Gasteiger partial charge on any atom is -0.477 e. The number of hydrogen-bond acceptors (Lipinski definition) is 7. The van der Waals surface area contributed by atoms with Crippen molar-refractivity contribution in [3.05, 3.63) is 37.1 Å². The van der Waals surface area contributed by atoms with Crippen LogP contribution in [0.5, 0.6) is 0 Å². The summed E-state index contributed by atoms with van der Waals surface area (Å²) in [5.74, 6) is -1.77. The third-order valence-corrected chi connectivity index (χ3v) is 4.64. The summed E-state index contributed by atoms with van der Waals surface area (Å²) in [6.07, 6.45) is 0. The summed E-state index contributed by atoms with van der Waals surface area (Å²) < 4.78 is 1.14. The van der Waals surface area contributed by atoms with Crippen LogP contribution < -0.4 is 5.32 Å². The highest BCUT2D eigenvalue weighted by Crippen LogP contribution is 2.26. The zero-order valence-electron chi connectivity index (χ0n) is 13.4. The number of hydrogen-bond donors (Lipinski definition) is 2. The van der Waals surface area contributed by atoms with Gasteiger partial charge in [0.05, 0.1) is 16.7 Å². The van der Waals surface area contributed by atoms with Crippen LogP contribution in [-0.2, 0) is 7.05 Å². The molecule has 2 heterocycles. The fraction of sp³-hybridized carbons (Fsp3) is 0.385. The molecule has 2 rings (SSSR count). The maximum absolute atomic E-state index is 12.4. The molecule has 0 aliphatic rings. The fourth-order valence-electron chi connectivity index (χ4n) is 2.25. The summed E-state index contributed by atoms with van der Waals surface area (Å²) in [5, 5.41) is 27.1. The SMILES string of the molecule is Cc1nc(C(C)NC(=O)c2c([N+](=O)[O-])c(C)nn2C)sc1C(=O)O. The monoisotopic (exact) mass is 353 g/mol. The molecule has 11 heteroatoms. The van der Waals surface area contributed by atoms with E-state index in [1.54, 1.807) is 13.8 Å². The van der Waals surface area contributed by atoms with Gasteiger partial charge in [-0.1, -0.05) is 0 Å². The molecule has 0 fully saturated rings. The van der Waals surface area contributed by atoms with Crippen LogP contribution in [0, 0.1) is 24.0 Å². The Morgan fingerprint density at radius 3 is 2.50 bits per heavy atom. The number of nitro groups is 1. The van der Waals surface area contributed by atoms with Crippen molar-refractivity contribution in [1.29, 1.82) is 0 Å². The van der Waals surface area contributed by atoms with Gasteiger partial charge in [-0.2, -0.15) is 5.10 Å². The predicted octanol–water partition coefficient (Wildman–Crippen LogP) is 1.59. The number of carboxylic acids is 1. The number of thiazole rings is 1. The number of aryl methyl sites for hydroxylation is 3. The normalized spacial score (nSPS) is 12.0. The summed E-state index contributed by atoms with van der Waals surface area (Å²) in [7, 11) is 1.44. The number of carbonyl (C=O) groups is 2. The largest absolute Gasteiger partial charge is 0.477 e. The molecule has 0 saturated carbocycles. The second-order valence-electron chi connectivity index (χ2n) is 5.13. The quantitative estimate of drug-likeness (QED) is 0.614. The first-order valence-corrected chi connectivity index (χ1v) is 7.64. The van der Waals surface area contributed by atoms with Crippen LogP contribution in [0.4, 0.5) is 5.69 Å². The van der Waals surface area contributed by atoms with Crippen molar-refractivity contribution in [1.82, 2.24) is 20.1 Å². The molecule has 0 aliphatic heterocycles. The van der Waals surface area contributed by atoms with E-state index in [9.17, 15) is 19.7 Å². The molecule has 0 radical (unpaired) electrons.